The second-order valence-corrected chi connectivity index (χ2v) is 13.3. The highest BCUT2D eigenvalue weighted by atomic mass is 32.2. The number of hydrogen-bond acceptors (Lipinski definition) is 7. The predicted molar refractivity (Wildman–Crippen MR) is 151 cm³/mol. The van der Waals surface area contributed by atoms with Gasteiger partial charge in [0.25, 0.3) is 0 Å². The van der Waals surface area contributed by atoms with Gasteiger partial charge in [-0.05, 0) is 66.3 Å². The molecule has 42 heavy (non-hydrogen) atoms. The number of hydrogen-bond donors (Lipinski definition) is 2. The van der Waals surface area contributed by atoms with Gasteiger partial charge >= 0.3 is 6.18 Å². The highest BCUT2D eigenvalue weighted by molar-refractivity contribution is 7.89. The normalized spacial score (nSPS) is 21.1. The van der Waals surface area contributed by atoms with Gasteiger partial charge in [0.1, 0.15) is 11.6 Å². The van der Waals surface area contributed by atoms with E-state index in [0.29, 0.717) is 12.2 Å². The molecule has 0 radical (unpaired) electrons. The van der Waals surface area contributed by atoms with Crippen molar-refractivity contribution >= 4 is 21.5 Å². The van der Waals surface area contributed by atoms with Crippen molar-refractivity contribution in [2.75, 3.05) is 18.4 Å². The molecule has 222 valence electrons. The van der Waals surface area contributed by atoms with Crippen LogP contribution in [0.5, 0.6) is 0 Å². The largest absolute Gasteiger partial charge is 0.398 e. The van der Waals surface area contributed by atoms with Gasteiger partial charge in [-0.25, -0.2) is 13.4 Å². The molecule has 4 heterocycles. The van der Waals surface area contributed by atoms with Crippen LogP contribution in [-0.2, 0) is 15.4 Å². The van der Waals surface area contributed by atoms with Gasteiger partial charge in [-0.3, -0.25) is 4.40 Å². The van der Waals surface area contributed by atoms with E-state index in [0.717, 1.165) is 22.6 Å². The zero-order valence-corrected chi connectivity index (χ0v) is 23.9. The van der Waals surface area contributed by atoms with Crippen molar-refractivity contribution in [3.63, 3.8) is 0 Å². The maximum absolute atomic E-state index is 13.4. The van der Waals surface area contributed by atoms with E-state index in [4.69, 9.17) is 0 Å². The average molecular weight is 601 g/mol. The van der Waals surface area contributed by atoms with E-state index in [9.17, 15) is 26.7 Å². The van der Waals surface area contributed by atoms with Crippen molar-refractivity contribution in [3.8, 4) is 11.1 Å². The van der Waals surface area contributed by atoms with E-state index in [-0.39, 0.29) is 42.3 Å². The molecule has 1 aliphatic carbocycles. The number of aliphatic hydroxyl groups is 1. The minimum atomic E-state index is -4.32. The number of halogens is 3. The molecule has 2 N–H and O–H groups in total. The number of fused-ring (bicyclic) bond motifs is 1. The van der Waals surface area contributed by atoms with Gasteiger partial charge in [-0.15, -0.1) is 10.2 Å². The van der Waals surface area contributed by atoms with Crippen LogP contribution in [0.2, 0.25) is 0 Å². The monoisotopic (exact) mass is 600 g/mol. The van der Waals surface area contributed by atoms with E-state index in [1.54, 1.807) is 24.3 Å². The number of piperidine rings is 1. The molecule has 1 aliphatic heterocycles. The first kappa shape index (κ1) is 28.6. The lowest BCUT2D eigenvalue weighted by atomic mass is 9.97. The molecule has 13 heteroatoms. The number of alkyl halides is 3. The molecule has 9 nitrogen and oxygen atoms in total. The Morgan fingerprint density at radius 1 is 1.02 bits per heavy atom. The van der Waals surface area contributed by atoms with Crippen LogP contribution in [0.1, 0.15) is 50.4 Å². The number of aliphatic hydroxyl groups excluding tert-OH is 1. The molecule has 1 saturated heterocycles. The van der Waals surface area contributed by atoms with Crippen LogP contribution < -0.4 is 5.32 Å². The number of sulfonamides is 1. The molecule has 0 spiro atoms. The Labute approximate surface area is 241 Å². The molecule has 2 atom stereocenters. The van der Waals surface area contributed by atoms with Crippen LogP contribution in [0.4, 0.5) is 19.0 Å². The van der Waals surface area contributed by atoms with Crippen LogP contribution >= 0.6 is 0 Å². The van der Waals surface area contributed by atoms with E-state index < -0.39 is 33.8 Å². The van der Waals surface area contributed by atoms with E-state index in [1.807, 2.05) is 36.6 Å². The SMILES string of the molecule is CC(C)c1nnc2ccc(-c3ccc(S(=O)(=O)N4CC[C@@H](Nc5ccc(C6(C(F)(F)F)CC6)cn5)[C@@H](O)C4)cc3)cn12. The van der Waals surface area contributed by atoms with Gasteiger partial charge in [0.15, 0.2) is 5.65 Å². The summed E-state index contributed by atoms with van der Waals surface area (Å²) in [6.45, 7) is 4.11. The molecular formula is C29H31F3N6O3S. The highest BCUT2D eigenvalue weighted by Crippen LogP contribution is 2.58. The summed E-state index contributed by atoms with van der Waals surface area (Å²) in [5.74, 6) is 1.36. The zero-order chi connectivity index (χ0) is 29.9. The van der Waals surface area contributed by atoms with Gasteiger partial charge in [-0.2, -0.15) is 17.5 Å². The van der Waals surface area contributed by atoms with Crippen molar-refractivity contribution in [1.29, 1.82) is 0 Å². The summed E-state index contributed by atoms with van der Waals surface area (Å²) in [6.07, 6.45) is -1.79. The first-order valence-electron chi connectivity index (χ1n) is 13.8. The van der Waals surface area contributed by atoms with Crippen molar-refractivity contribution in [3.05, 3.63) is 72.3 Å². The van der Waals surface area contributed by atoms with Gasteiger partial charge in [-0.1, -0.05) is 32.0 Å². The predicted octanol–water partition coefficient (Wildman–Crippen LogP) is 4.74. The standard InChI is InChI=1S/C29H31F3N6O3S/c1-18(2)27-36-35-26-10-5-20(16-38(26)27)19-3-7-22(8-4-19)42(40,41)37-14-11-23(24(39)17-37)34-25-9-6-21(15-33-25)28(12-13-28)29(30,31)32/h3-10,15-16,18,23-24,39H,11-14,17H2,1-2H3,(H,33,34)/t23-,24+/m1/s1. The molecule has 3 aromatic heterocycles. The molecule has 1 aromatic carbocycles. The summed E-state index contributed by atoms with van der Waals surface area (Å²) in [6, 6.07) is 12.8. The average Bonchev–Trinajstić information content (AvgIpc) is 3.68. The number of nitrogens with zero attached hydrogens (tertiary/aromatic N) is 5. The van der Waals surface area contributed by atoms with Gasteiger partial charge in [0, 0.05) is 31.4 Å². The molecule has 2 aliphatic rings. The third kappa shape index (κ3) is 5.03. The molecule has 2 fully saturated rings. The summed E-state index contributed by atoms with van der Waals surface area (Å²) >= 11 is 0. The Hall–Kier alpha value is -3.55. The van der Waals surface area contributed by atoms with Gasteiger partial charge < -0.3 is 10.4 Å². The van der Waals surface area contributed by atoms with E-state index >= 15 is 0 Å². The van der Waals surface area contributed by atoms with Crippen molar-refractivity contribution in [2.24, 2.45) is 0 Å². The summed E-state index contributed by atoms with van der Waals surface area (Å²) in [5, 5.41) is 22.3. The van der Waals surface area contributed by atoms with Crippen LogP contribution in [0.3, 0.4) is 0 Å². The minimum Gasteiger partial charge on any atom is -0.390 e. The van der Waals surface area contributed by atoms with E-state index in [1.165, 1.54) is 22.6 Å². The Morgan fingerprint density at radius 2 is 1.74 bits per heavy atom. The quantitative estimate of drug-likeness (QED) is 0.315. The Bertz CT molecular complexity index is 1700. The first-order valence-corrected chi connectivity index (χ1v) is 15.3. The van der Waals surface area contributed by atoms with Crippen LogP contribution in [-0.4, -0.2) is 68.8 Å². The summed E-state index contributed by atoms with van der Waals surface area (Å²) in [7, 11) is -3.86. The number of rotatable bonds is 7. The fraction of sp³-hybridized carbons (Fsp3) is 0.414. The fourth-order valence-electron chi connectivity index (χ4n) is 5.54. The fourth-order valence-corrected chi connectivity index (χ4v) is 7.02. The van der Waals surface area contributed by atoms with Crippen LogP contribution in [0, 0.1) is 0 Å². The number of nitrogens with one attached hydrogen (secondary N) is 1. The third-order valence-electron chi connectivity index (χ3n) is 8.26. The topological polar surface area (TPSA) is 113 Å². The first-order chi connectivity index (χ1) is 19.9. The summed E-state index contributed by atoms with van der Waals surface area (Å²) in [4.78, 5) is 4.26. The van der Waals surface area contributed by atoms with Crippen LogP contribution in [0.25, 0.3) is 16.8 Å². The Morgan fingerprint density at radius 3 is 2.33 bits per heavy atom. The number of aromatic nitrogens is 4. The molecular weight excluding hydrogens is 569 g/mol. The number of benzene rings is 1. The lowest BCUT2D eigenvalue weighted by Gasteiger charge is -2.35. The maximum Gasteiger partial charge on any atom is 0.398 e. The third-order valence-corrected chi connectivity index (χ3v) is 10.1. The van der Waals surface area contributed by atoms with Crippen molar-refractivity contribution in [1.82, 2.24) is 23.9 Å². The minimum absolute atomic E-state index is 0.0530. The lowest BCUT2D eigenvalue weighted by molar-refractivity contribution is -0.160. The van der Waals surface area contributed by atoms with Gasteiger partial charge in [0.05, 0.1) is 22.5 Å². The second-order valence-electron chi connectivity index (χ2n) is 11.4. The van der Waals surface area contributed by atoms with Gasteiger partial charge in [0.2, 0.25) is 10.0 Å². The number of anilines is 1. The smallest absolute Gasteiger partial charge is 0.390 e. The molecule has 0 unspecified atom stereocenters. The van der Waals surface area contributed by atoms with Crippen molar-refractivity contribution < 1.29 is 26.7 Å². The maximum atomic E-state index is 13.4. The Kier molecular flexibility index (Phi) is 7.02. The second kappa shape index (κ2) is 10.3. The Balaban J connectivity index is 1.11. The summed E-state index contributed by atoms with van der Waals surface area (Å²) in [5.41, 5.74) is 0.788. The van der Waals surface area contributed by atoms with E-state index in [2.05, 4.69) is 20.5 Å². The lowest BCUT2D eigenvalue weighted by Crippen LogP contribution is -2.51. The molecule has 6 rings (SSSR count). The van der Waals surface area contributed by atoms with Crippen molar-refractivity contribution in [2.45, 2.75) is 67.7 Å². The summed E-state index contributed by atoms with van der Waals surface area (Å²) < 4.78 is 70.2. The molecule has 1 saturated carbocycles. The number of pyridine rings is 2. The molecule has 0 bridgehead atoms. The van der Waals surface area contributed by atoms with Crippen LogP contribution in [0.15, 0.2) is 65.8 Å². The highest BCUT2D eigenvalue weighted by Gasteiger charge is 2.64. The zero-order valence-electron chi connectivity index (χ0n) is 23.1. The molecule has 0 amide bonds. The molecule has 4 aromatic rings. The number of β-amino-alcohol motifs (C(OH)–C–C–N with tert-alkyl or cyclic N) is 1.